The maximum atomic E-state index is 12.9. The van der Waals surface area contributed by atoms with Crippen molar-refractivity contribution in [1.29, 1.82) is 0 Å². The molecule has 0 aromatic heterocycles. The number of nitrogens with one attached hydrogen (secondary N) is 3. The molecule has 0 saturated heterocycles. The average Bonchev–Trinajstić information content (AvgIpc) is 2.57. The number of amides is 1. The van der Waals surface area contributed by atoms with Crippen LogP contribution in [0.3, 0.4) is 0 Å². The SMILES string of the molecule is CC1=C(C(=O)Nc2ccc(Br)cc2)[C@@H](c2ccc(Br)cc2)NC(=S)N1. The molecule has 0 bridgehead atoms. The van der Waals surface area contributed by atoms with Gasteiger partial charge in [-0.1, -0.05) is 44.0 Å². The molecule has 128 valence electrons. The highest BCUT2D eigenvalue weighted by Gasteiger charge is 2.29. The Morgan fingerprint density at radius 1 is 1.04 bits per heavy atom. The van der Waals surface area contributed by atoms with Gasteiger partial charge in [-0.15, -0.1) is 0 Å². The standard InChI is InChI=1S/C18H15Br2N3OS/c1-10-15(17(24)22-14-8-6-13(20)7-9-14)16(23-18(25)21-10)11-2-4-12(19)5-3-11/h2-9,16H,1H3,(H,22,24)(H2,21,23,25)/t16-/m1/s1. The monoisotopic (exact) mass is 479 g/mol. The zero-order valence-electron chi connectivity index (χ0n) is 13.3. The number of anilines is 1. The van der Waals surface area contributed by atoms with Gasteiger partial charge in [-0.2, -0.15) is 0 Å². The molecule has 1 aliphatic rings. The van der Waals surface area contributed by atoms with Crippen LogP contribution in [0.15, 0.2) is 68.7 Å². The summed E-state index contributed by atoms with van der Waals surface area (Å²) in [6.45, 7) is 1.86. The fourth-order valence-corrected chi connectivity index (χ4v) is 3.43. The van der Waals surface area contributed by atoms with Crippen LogP contribution >= 0.6 is 44.1 Å². The molecular weight excluding hydrogens is 466 g/mol. The molecule has 0 aliphatic carbocycles. The second-order valence-corrected chi connectivity index (χ2v) is 7.82. The number of halogens is 2. The van der Waals surface area contributed by atoms with Gasteiger partial charge in [0.15, 0.2) is 5.11 Å². The molecule has 3 N–H and O–H groups in total. The first kappa shape index (κ1) is 18.1. The van der Waals surface area contributed by atoms with Gasteiger partial charge in [-0.05, 0) is 61.1 Å². The predicted octanol–water partition coefficient (Wildman–Crippen LogP) is 4.64. The van der Waals surface area contributed by atoms with E-state index in [0.29, 0.717) is 10.7 Å². The molecule has 25 heavy (non-hydrogen) atoms. The van der Waals surface area contributed by atoms with E-state index in [0.717, 1.165) is 25.9 Å². The normalized spacial score (nSPS) is 16.9. The number of hydrogen-bond acceptors (Lipinski definition) is 2. The van der Waals surface area contributed by atoms with Crippen LogP contribution in [0.4, 0.5) is 5.69 Å². The molecule has 1 aliphatic heterocycles. The lowest BCUT2D eigenvalue weighted by Gasteiger charge is -2.30. The highest BCUT2D eigenvalue weighted by atomic mass is 79.9. The third-order valence-corrected chi connectivity index (χ3v) is 5.10. The Labute approximate surface area is 168 Å². The Morgan fingerprint density at radius 2 is 1.60 bits per heavy atom. The number of carbonyl (C=O) groups is 1. The molecule has 1 atom stereocenters. The van der Waals surface area contributed by atoms with Crippen LogP contribution in [0.2, 0.25) is 0 Å². The third-order valence-electron chi connectivity index (χ3n) is 3.82. The number of rotatable bonds is 3. The number of hydrogen-bond donors (Lipinski definition) is 3. The molecule has 3 rings (SSSR count). The first-order valence-electron chi connectivity index (χ1n) is 7.54. The lowest BCUT2D eigenvalue weighted by atomic mass is 9.95. The van der Waals surface area contributed by atoms with Gasteiger partial charge in [0.1, 0.15) is 0 Å². The van der Waals surface area contributed by atoms with Gasteiger partial charge in [-0.25, -0.2) is 0 Å². The minimum absolute atomic E-state index is 0.171. The van der Waals surface area contributed by atoms with Crippen molar-refractivity contribution in [1.82, 2.24) is 10.6 Å². The minimum atomic E-state index is -0.308. The lowest BCUT2D eigenvalue weighted by Crippen LogP contribution is -2.45. The summed E-state index contributed by atoms with van der Waals surface area (Å²) in [5, 5.41) is 9.68. The summed E-state index contributed by atoms with van der Waals surface area (Å²) >= 11 is 12.1. The van der Waals surface area contributed by atoms with E-state index in [1.165, 1.54) is 0 Å². The largest absolute Gasteiger partial charge is 0.351 e. The van der Waals surface area contributed by atoms with Crippen LogP contribution in [0.25, 0.3) is 0 Å². The lowest BCUT2D eigenvalue weighted by molar-refractivity contribution is -0.113. The van der Waals surface area contributed by atoms with Gasteiger partial charge in [-0.3, -0.25) is 4.79 Å². The zero-order valence-corrected chi connectivity index (χ0v) is 17.3. The molecule has 0 unspecified atom stereocenters. The van der Waals surface area contributed by atoms with Gasteiger partial charge >= 0.3 is 0 Å². The van der Waals surface area contributed by atoms with Crippen molar-refractivity contribution in [3.63, 3.8) is 0 Å². The van der Waals surface area contributed by atoms with Crippen LogP contribution in [-0.4, -0.2) is 11.0 Å². The maximum absolute atomic E-state index is 12.9. The third kappa shape index (κ3) is 4.29. The Morgan fingerprint density at radius 3 is 2.20 bits per heavy atom. The molecule has 2 aromatic rings. The Kier molecular flexibility index (Phi) is 5.56. The second kappa shape index (κ2) is 7.68. The molecule has 2 aromatic carbocycles. The van der Waals surface area contributed by atoms with Crippen molar-refractivity contribution in [2.24, 2.45) is 0 Å². The number of benzene rings is 2. The van der Waals surface area contributed by atoms with Crippen molar-refractivity contribution in [3.8, 4) is 0 Å². The van der Waals surface area contributed by atoms with Crippen LogP contribution in [-0.2, 0) is 4.79 Å². The van der Waals surface area contributed by atoms with Gasteiger partial charge in [0.2, 0.25) is 0 Å². The van der Waals surface area contributed by atoms with E-state index in [-0.39, 0.29) is 11.9 Å². The average molecular weight is 481 g/mol. The summed E-state index contributed by atoms with van der Waals surface area (Å²) in [5.41, 5.74) is 3.05. The Bertz CT molecular complexity index is 848. The van der Waals surface area contributed by atoms with Crippen molar-refractivity contribution < 1.29 is 4.79 Å². The molecule has 0 saturated carbocycles. The fraction of sp³-hybridized carbons (Fsp3) is 0.111. The quantitative estimate of drug-likeness (QED) is 0.560. The Hall–Kier alpha value is -1.70. The summed E-state index contributed by atoms with van der Waals surface area (Å²) in [5.74, 6) is -0.171. The van der Waals surface area contributed by atoms with Gasteiger partial charge in [0.05, 0.1) is 11.6 Å². The fourth-order valence-electron chi connectivity index (χ4n) is 2.63. The topological polar surface area (TPSA) is 53.2 Å². The van der Waals surface area contributed by atoms with Crippen LogP contribution < -0.4 is 16.0 Å². The molecule has 0 fully saturated rings. The highest BCUT2D eigenvalue weighted by Crippen LogP contribution is 2.29. The zero-order chi connectivity index (χ0) is 18.0. The second-order valence-electron chi connectivity index (χ2n) is 5.58. The van der Waals surface area contributed by atoms with E-state index in [9.17, 15) is 4.79 Å². The van der Waals surface area contributed by atoms with Crippen molar-refractivity contribution in [2.45, 2.75) is 13.0 Å². The molecule has 0 radical (unpaired) electrons. The highest BCUT2D eigenvalue weighted by molar-refractivity contribution is 9.10. The van der Waals surface area contributed by atoms with Crippen LogP contribution in [0.5, 0.6) is 0 Å². The maximum Gasteiger partial charge on any atom is 0.255 e. The summed E-state index contributed by atoms with van der Waals surface area (Å²) in [6, 6.07) is 15.0. The summed E-state index contributed by atoms with van der Waals surface area (Å²) in [7, 11) is 0. The van der Waals surface area contributed by atoms with Crippen LogP contribution in [0.1, 0.15) is 18.5 Å². The summed E-state index contributed by atoms with van der Waals surface area (Å²) in [4.78, 5) is 12.9. The van der Waals surface area contributed by atoms with Crippen molar-refractivity contribution >= 4 is 60.8 Å². The number of allylic oxidation sites excluding steroid dienone is 1. The van der Waals surface area contributed by atoms with E-state index in [2.05, 4.69) is 47.8 Å². The predicted molar refractivity (Wildman–Crippen MR) is 111 cm³/mol. The van der Waals surface area contributed by atoms with Gasteiger partial charge in [0.25, 0.3) is 5.91 Å². The van der Waals surface area contributed by atoms with E-state index in [1.54, 1.807) is 0 Å². The minimum Gasteiger partial charge on any atom is -0.351 e. The molecule has 1 heterocycles. The number of carbonyl (C=O) groups excluding carboxylic acids is 1. The molecule has 1 amide bonds. The Balaban J connectivity index is 1.92. The molecule has 7 heteroatoms. The first-order valence-corrected chi connectivity index (χ1v) is 9.54. The molecular formula is C18H15Br2N3OS. The first-order chi connectivity index (χ1) is 11.9. The smallest absolute Gasteiger partial charge is 0.255 e. The van der Waals surface area contributed by atoms with E-state index >= 15 is 0 Å². The van der Waals surface area contributed by atoms with Gasteiger partial charge < -0.3 is 16.0 Å². The van der Waals surface area contributed by atoms with E-state index in [4.69, 9.17) is 12.2 Å². The number of thiocarbonyl (C=S) groups is 1. The summed E-state index contributed by atoms with van der Waals surface area (Å²) < 4.78 is 1.94. The van der Waals surface area contributed by atoms with Gasteiger partial charge in [0, 0.05) is 20.3 Å². The van der Waals surface area contributed by atoms with E-state index < -0.39 is 0 Å². The summed E-state index contributed by atoms with van der Waals surface area (Å²) in [6.07, 6.45) is 0. The van der Waals surface area contributed by atoms with Crippen LogP contribution in [0, 0.1) is 0 Å². The molecule has 0 spiro atoms. The van der Waals surface area contributed by atoms with E-state index in [1.807, 2.05) is 55.5 Å². The van der Waals surface area contributed by atoms with Crippen molar-refractivity contribution in [3.05, 3.63) is 74.3 Å². The van der Waals surface area contributed by atoms with Crippen molar-refractivity contribution in [2.75, 3.05) is 5.32 Å². The molecule has 4 nitrogen and oxygen atoms in total.